The zero-order chi connectivity index (χ0) is 32.4. The Bertz CT molecular complexity index is 1410. The third kappa shape index (κ3) is 6.69. The molecule has 5 aliphatic rings. The SMILES string of the molecule is NC(=O)C12CC1C=CCCCCC[C@H](CC(=O)N1CCCCC1)C(=O)N1C[C@H](OC(=O)C3Cc4cccc(F)c4C3)C[C@H]1C(=O)N2. The Morgan fingerprint density at radius 3 is 2.59 bits per heavy atom. The molecule has 2 saturated heterocycles. The van der Waals surface area contributed by atoms with Crippen molar-refractivity contribution in [3.63, 3.8) is 0 Å². The van der Waals surface area contributed by atoms with E-state index in [1.807, 2.05) is 17.1 Å². The number of allylic oxidation sites excluding steroid dienone is 1. The number of ether oxygens (including phenoxy) is 1. The second kappa shape index (κ2) is 13.5. The number of halogens is 1. The smallest absolute Gasteiger partial charge is 0.309 e. The highest BCUT2D eigenvalue weighted by molar-refractivity contribution is 5.97. The van der Waals surface area contributed by atoms with Gasteiger partial charge in [-0.15, -0.1) is 0 Å². The summed E-state index contributed by atoms with van der Waals surface area (Å²) in [5, 5.41) is 2.87. The number of rotatable bonds is 5. The number of nitrogens with zero attached hydrogens (tertiary/aromatic N) is 2. The zero-order valence-corrected chi connectivity index (χ0v) is 26.4. The highest BCUT2D eigenvalue weighted by atomic mass is 19.1. The number of esters is 1. The van der Waals surface area contributed by atoms with E-state index >= 15 is 0 Å². The van der Waals surface area contributed by atoms with Gasteiger partial charge in [0.25, 0.3) is 0 Å². The van der Waals surface area contributed by atoms with Crippen LogP contribution >= 0.6 is 0 Å². The fourth-order valence-corrected chi connectivity index (χ4v) is 7.84. The molecule has 11 heteroatoms. The quantitative estimate of drug-likeness (QED) is 0.377. The normalized spacial score (nSPS) is 31.5. The first-order valence-corrected chi connectivity index (χ1v) is 17.0. The van der Waals surface area contributed by atoms with Crippen LogP contribution in [0.4, 0.5) is 4.39 Å². The molecule has 0 radical (unpaired) electrons. The van der Waals surface area contributed by atoms with E-state index < -0.39 is 47.3 Å². The van der Waals surface area contributed by atoms with Crippen molar-refractivity contribution in [2.24, 2.45) is 23.5 Å². The summed E-state index contributed by atoms with van der Waals surface area (Å²) in [7, 11) is 0. The van der Waals surface area contributed by atoms with Crippen molar-refractivity contribution in [1.29, 1.82) is 0 Å². The van der Waals surface area contributed by atoms with Gasteiger partial charge in [0.15, 0.2) is 0 Å². The maximum absolute atomic E-state index is 14.4. The lowest BCUT2D eigenvalue weighted by Gasteiger charge is -2.31. The topological polar surface area (TPSA) is 139 Å². The van der Waals surface area contributed by atoms with E-state index in [0.29, 0.717) is 37.9 Å². The maximum atomic E-state index is 14.4. The highest BCUT2D eigenvalue weighted by Crippen LogP contribution is 2.45. The lowest BCUT2D eigenvalue weighted by Crippen LogP contribution is -2.55. The second-order valence-electron chi connectivity index (χ2n) is 13.8. The number of hydrogen-bond acceptors (Lipinski definition) is 6. The fraction of sp³-hybridized carbons (Fsp3) is 0.629. The van der Waals surface area contributed by atoms with Crippen molar-refractivity contribution in [2.75, 3.05) is 19.6 Å². The van der Waals surface area contributed by atoms with Gasteiger partial charge in [-0.05, 0) is 75.0 Å². The van der Waals surface area contributed by atoms with Gasteiger partial charge in [0.05, 0.1) is 12.5 Å². The van der Waals surface area contributed by atoms with E-state index in [1.54, 1.807) is 12.1 Å². The minimum atomic E-state index is -1.22. The molecule has 6 atom stereocenters. The van der Waals surface area contributed by atoms with E-state index in [9.17, 15) is 28.4 Å². The first kappa shape index (κ1) is 32.2. The van der Waals surface area contributed by atoms with Gasteiger partial charge in [-0.2, -0.15) is 0 Å². The number of fused-ring (bicyclic) bond motifs is 3. The van der Waals surface area contributed by atoms with Crippen molar-refractivity contribution in [1.82, 2.24) is 15.1 Å². The molecule has 3 unspecified atom stereocenters. The van der Waals surface area contributed by atoms with Gasteiger partial charge in [0.2, 0.25) is 23.6 Å². The Labute approximate surface area is 269 Å². The van der Waals surface area contributed by atoms with Crippen LogP contribution in [-0.4, -0.2) is 76.7 Å². The first-order chi connectivity index (χ1) is 22.2. The number of hydrogen-bond donors (Lipinski definition) is 2. The minimum absolute atomic E-state index is 0.00199. The van der Waals surface area contributed by atoms with Crippen molar-refractivity contribution in [3.05, 3.63) is 47.3 Å². The molecule has 10 nitrogen and oxygen atoms in total. The summed E-state index contributed by atoms with van der Waals surface area (Å²) in [4.78, 5) is 70.7. The van der Waals surface area contributed by atoms with Crippen LogP contribution in [0.5, 0.6) is 0 Å². The van der Waals surface area contributed by atoms with Crippen molar-refractivity contribution in [2.45, 2.75) is 101 Å². The van der Waals surface area contributed by atoms with Crippen molar-refractivity contribution in [3.8, 4) is 0 Å². The Kier molecular flexibility index (Phi) is 9.47. The molecule has 0 spiro atoms. The number of benzene rings is 1. The first-order valence-electron chi connectivity index (χ1n) is 17.0. The van der Waals surface area contributed by atoms with E-state index in [1.165, 1.54) is 11.0 Å². The average molecular weight is 637 g/mol. The summed E-state index contributed by atoms with van der Waals surface area (Å²) in [5.41, 5.74) is 5.86. The number of nitrogens with two attached hydrogens (primary N) is 1. The van der Waals surface area contributed by atoms with Gasteiger partial charge in [-0.25, -0.2) is 4.39 Å². The van der Waals surface area contributed by atoms with Gasteiger partial charge in [0, 0.05) is 37.8 Å². The molecule has 46 heavy (non-hydrogen) atoms. The summed E-state index contributed by atoms with van der Waals surface area (Å²) >= 11 is 0. The van der Waals surface area contributed by atoms with E-state index in [4.69, 9.17) is 10.5 Å². The molecule has 3 heterocycles. The molecule has 1 saturated carbocycles. The molecule has 2 aliphatic carbocycles. The largest absolute Gasteiger partial charge is 0.460 e. The van der Waals surface area contributed by atoms with E-state index in [0.717, 1.165) is 50.5 Å². The van der Waals surface area contributed by atoms with Crippen LogP contribution in [0.3, 0.4) is 0 Å². The summed E-state index contributed by atoms with van der Waals surface area (Å²) in [6, 6.07) is 3.81. The standard InChI is InChI=1S/C35H45FN4O6/c36-28-13-9-11-22-16-24(17-27(22)28)33(44)46-26-19-29-31(42)38-35(34(37)45)20-25(35)12-6-3-1-2-5-10-23(32(43)40(29)21-26)18-30(41)39-14-7-4-8-15-39/h6,9,11-13,23-26,29H,1-5,7-8,10,14-21H2,(H2,37,45)(H,38,42)/t23-,24?,25?,26-,29+,35?/m1/s1. The predicted octanol–water partition coefficient (Wildman–Crippen LogP) is 2.95. The third-order valence-electron chi connectivity index (χ3n) is 10.7. The summed E-state index contributed by atoms with van der Waals surface area (Å²) < 4.78 is 20.3. The maximum Gasteiger partial charge on any atom is 0.309 e. The lowest BCUT2D eigenvalue weighted by atomic mass is 9.94. The van der Waals surface area contributed by atoms with Crippen molar-refractivity contribution < 1.29 is 33.1 Å². The summed E-state index contributed by atoms with van der Waals surface area (Å²) in [5.74, 6) is -3.75. The van der Waals surface area contributed by atoms with Gasteiger partial charge in [-0.3, -0.25) is 24.0 Å². The van der Waals surface area contributed by atoms with Crippen molar-refractivity contribution >= 4 is 29.6 Å². The van der Waals surface area contributed by atoms with Crippen LogP contribution in [-0.2, 0) is 41.6 Å². The zero-order valence-electron chi connectivity index (χ0n) is 26.4. The van der Waals surface area contributed by atoms with Crippen LogP contribution in [0.1, 0.15) is 81.8 Å². The molecule has 0 bridgehead atoms. The molecule has 0 aromatic heterocycles. The fourth-order valence-electron chi connectivity index (χ4n) is 7.84. The Hall–Kier alpha value is -3.76. The van der Waals surface area contributed by atoms with E-state index in [2.05, 4.69) is 5.32 Å². The van der Waals surface area contributed by atoms with E-state index in [-0.39, 0.29) is 49.4 Å². The molecule has 6 rings (SSSR count). The minimum Gasteiger partial charge on any atom is -0.460 e. The number of carbonyl (C=O) groups is 5. The summed E-state index contributed by atoms with van der Waals surface area (Å²) in [6.07, 6.45) is 11.1. The molecular formula is C35H45FN4O6. The molecule has 3 fully saturated rings. The number of carbonyl (C=O) groups excluding carboxylic acids is 5. The van der Waals surface area contributed by atoms with Crippen LogP contribution in [0.25, 0.3) is 0 Å². The average Bonchev–Trinajstić information content (AvgIpc) is 3.35. The Balaban J connectivity index is 1.22. The number of primary amides is 1. The van der Waals surface area contributed by atoms with Gasteiger partial charge >= 0.3 is 5.97 Å². The van der Waals surface area contributed by atoms with Gasteiger partial charge in [-0.1, -0.05) is 37.1 Å². The third-order valence-corrected chi connectivity index (χ3v) is 10.7. The summed E-state index contributed by atoms with van der Waals surface area (Å²) in [6.45, 7) is 1.37. The molecule has 248 valence electrons. The number of piperidine rings is 1. The van der Waals surface area contributed by atoms with Crippen LogP contribution in [0, 0.1) is 23.6 Å². The molecular weight excluding hydrogens is 591 g/mol. The number of amides is 4. The monoisotopic (exact) mass is 636 g/mol. The lowest BCUT2D eigenvalue weighted by molar-refractivity contribution is -0.154. The number of likely N-dealkylation sites (tertiary alicyclic amines) is 1. The van der Waals surface area contributed by atoms with Gasteiger partial charge in [0.1, 0.15) is 23.5 Å². The molecule has 4 amide bonds. The molecule has 3 aliphatic heterocycles. The Morgan fingerprint density at radius 1 is 1.04 bits per heavy atom. The Morgan fingerprint density at radius 2 is 1.83 bits per heavy atom. The molecule has 1 aromatic carbocycles. The van der Waals surface area contributed by atoms with Crippen LogP contribution in [0.2, 0.25) is 0 Å². The molecule has 1 aromatic rings. The van der Waals surface area contributed by atoms with Crippen LogP contribution < -0.4 is 11.1 Å². The number of nitrogens with one attached hydrogen (secondary N) is 1. The second-order valence-corrected chi connectivity index (χ2v) is 13.8. The highest BCUT2D eigenvalue weighted by Gasteiger charge is 2.60. The van der Waals surface area contributed by atoms with Crippen LogP contribution in [0.15, 0.2) is 30.4 Å². The predicted molar refractivity (Wildman–Crippen MR) is 166 cm³/mol. The van der Waals surface area contributed by atoms with Gasteiger partial charge < -0.3 is 25.6 Å². The molecule has 3 N–H and O–H groups in total.